The van der Waals surface area contributed by atoms with Crippen LogP contribution in [0.15, 0.2) is 28.7 Å². The van der Waals surface area contributed by atoms with Gasteiger partial charge >= 0.3 is 0 Å². The highest BCUT2D eigenvalue weighted by Crippen LogP contribution is 2.23. The molecule has 3 nitrogen and oxygen atoms in total. The molecule has 1 atom stereocenters. The fourth-order valence-electron chi connectivity index (χ4n) is 2.12. The van der Waals surface area contributed by atoms with Gasteiger partial charge < -0.3 is 11.1 Å². The van der Waals surface area contributed by atoms with Crippen LogP contribution >= 0.6 is 15.9 Å². The summed E-state index contributed by atoms with van der Waals surface area (Å²) < 4.78 is 0.908. The van der Waals surface area contributed by atoms with Crippen molar-refractivity contribution < 1.29 is 4.79 Å². The van der Waals surface area contributed by atoms with Crippen molar-refractivity contribution in [2.45, 2.75) is 33.1 Å². The van der Waals surface area contributed by atoms with Gasteiger partial charge in [0.05, 0.1) is 5.69 Å². The summed E-state index contributed by atoms with van der Waals surface area (Å²) in [7, 11) is 0. The molecule has 1 aromatic carbocycles. The van der Waals surface area contributed by atoms with Gasteiger partial charge in [-0.05, 0) is 59.3 Å². The first kappa shape index (κ1) is 16.2. The van der Waals surface area contributed by atoms with Gasteiger partial charge in [0.25, 0.3) is 0 Å². The number of rotatable bonds is 7. The maximum Gasteiger partial charge on any atom is 0.224 e. The van der Waals surface area contributed by atoms with Crippen molar-refractivity contribution in [2.75, 3.05) is 11.9 Å². The molecule has 0 bridgehead atoms. The molecule has 0 aliphatic heterocycles. The number of para-hydroxylation sites is 1. The lowest BCUT2D eigenvalue weighted by Gasteiger charge is -2.19. The highest BCUT2D eigenvalue weighted by molar-refractivity contribution is 9.10. The van der Waals surface area contributed by atoms with Crippen LogP contribution in [-0.2, 0) is 4.79 Å². The van der Waals surface area contributed by atoms with Crippen LogP contribution in [0.4, 0.5) is 5.69 Å². The summed E-state index contributed by atoms with van der Waals surface area (Å²) in [5.41, 5.74) is 6.44. The SMILES string of the molecule is CC(C)C(CCN)CCC(=O)Nc1ccccc1Br. The Morgan fingerprint density at radius 1 is 1.32 bits per heavy atom. The third-order valence-corrected chi connectivity index (χ3v) is 4.06. The average Bonchev–Trinajstić information content (AvgIpc) is 2.37. The predicted molar refractivity (Wildman–Crippen MR) is 84.0 cm³/mol. The third kappa shape index (κ3) is 5.74. The Kier molecular flexibility index (Phi) is 7.10. The van der Waals surface area contributed by atoms with Crippen LogP contribution in [0.5, 0.6) is 0 Å². The lowest BCUT2D eigenvalue weighted by molar-refractivity contribution is -0.116. The standard InChI is InChI=1S/C15H23BrN2O/c1-11(2)12(9-10-17)7-8-15(19)18-14-6-4-3-5-13(14)16/h3-6,11-12H,7-10,17H2,1-2H3,(H,18,19). The molecule has 0 aliphatic carbocycles. The van der Waals surface area contributed by atoms with Gasteiger partial charge in [0.2, 0.25) is 5.91 Å². The molecule has 3 N–H and O–H groups in total. The Morgan fingerprint density at radius 3 is 2.58 bits per heavy atom. The first-order chi connectivity index (χ1) is 9.04. The van der Waals surface area contributed by atoms with Crippen molar-refractivity contribution in [3.63, 3.8) is 0 Å². The predicted octanol–water partition coefficient (Wildman–Crippen LogP) is 3.79. The van der Waals surface area contributed by atoms with Crippen LogP contribution in [0.2, 0.25) is 0 Å². The normalized spacial score (nSPS) is 12.5. The van der Waals surface area contributed by atoms with E-state index in [1.807, 2.05) is 24.3 Å². The molecular formula is C15H23BrN2O. The van der Waals surface area contributed by atoms with Gasteiger partial charge in [-0.25, -0.2) is 0 Å². The average molecular weight is 327 g/mol. The first-order valence-electron chi connectivity index (χ1n) is 6.79. The maximum absolute atomic E-state index is 11.9. The molecule has 0 saturated carbocycles. The number of amides is 1. The minimum atomic E-state index is 0.0644. The molecule has 19 heavy (non-hydrogen) atoms. The van der Waals surface area contributed by atoms with E-state index < -0.39 is 0 Å². The smallest absolute Gasteiger partial charge is 0.224 e. The molecule has 0 radical (unpaired) electrons. The number of nitrogens with two attached hydrogens (primary N) is 1. The third-order valence-electron chi connectivity index (χ3n) is 3.37. The van der Waals surface area contributed by atoms with Crippen molar-refractivity contribution in [2.24, 2.45) is 17.6 Å². The fraction of sp³-hybridized carbons (Fsp3) is 0.533. The van der Waals surface area contributed by atoms with E-state index in [1.54, 1.807) is 0 Å². The first-order valence-corrected chi connectivity index (χ1v) is 7.58. The second kappa shape index (κ2) is 8.33. The second-order valence-electron chi connectivity index (χ2n) is 5.15. The van der Waals surface area contributed by atoms with E-state index >= 15 is 0 Å². The molecule has 0 saturated heterocycles. The number of nitrogens with one attached hydrogen (secondary N) is 1. The van der Waals surface area contributed by atoms with Gasteiger partial charge in [-0.2, -0.15) is 0 Å². The highest BCUT2D eigenvalue weighted by atomic mass is 79.9. The van der Waals surface area contributed by atoms with Gasteiger partial charge in [-0.3, -0.25) is 4.79 Å². The Labute approximate surface area is 124 Å². The van der Waals surface area contributed by atoms with Gasteiger partial charge in [0, 0.05) is 10.9 Å². The Hall–Kier alpha value is -0.870. The van der Waals surface area contributed by atoms with Gasteiger partial charge in [0.15, 0.2) is 0 Å². The van der Waals surface area contributed by atoms with Crippen LogP contribution in [0.3, 0.4) is 0 Å². The summed E-state index contributed by atoms with van der Waals surface area (Å²) in [6.45, 7) is 5.06. The second-order valence-corrected chi connectivity index (χ2v) is 6.00. The van der Waals surface area contributed by atoms with E-state index in [0.29, 0.717) is 24.8 Å². The summed E-state index contributed by atoms with van der Waals surface area (Å²) >= 11 is 3.42. The van der Waals surface area contributed by atoms with Crippen molar-refractivity contribution in [1.29, 1.82) is 0 Å². The van der Waals surface area contributed by atoms with Crippen LogP contribution in [0.25, 0.3) is 0 Å². The van der Waals surface area contributed by atoms with E-state index in [-0.39, 0.29) is 5.91 Å². The zero-order chi connectivity index (χ0) is 14.3. The lowest BCUT2D eigenvalue weighted by Crippen LogP contribution is -2.18. The molecule has 1 amide bonds. The van der Waals surface area contributed by atoms with E-state index in [2.05, 4.69) is 35.1 Å². The van der Waals surface area contributed by atoms with Crippen LogP contribution in [0.1, 0.15) is 33.1 Å². The Morgan fingerprint density at radius 2 is 2.00 bits per heavy atom. The van der Waals surface area contributed by atoms with Crippen molar-refractivity contribution in [3.05, 3.63) is 28.7 Å². The zero-order valence-corrected chi connectivity index (χ0v) is 13.2. The molecule has 0 spiro atoms. The number of hydrogen-bond donors (Lipinski definition) is 2. The molecule has 0 heterocycles. The number of benzene rings is 1. The molecule has 0 fully saturated rings. The molecule has 106 valence electrons. The zero-order valence-electron chi connectivity index (χ0n) is 11.7. The quantitative estimate of drug-likeness (QED) is 0.800. The lowest BCUT2D eigenvalue weighted by atomic mass is 9.88. The van der Waals surface area contributed by atoms with Crippen LogP contribution in [-0.4, -0.2) is 12.5 Å². The topological polar surface area (TPSA) is 55.1 Å². The van der Waals surface area contributed by atoms with Crippen molar-refractivity contribution in [1.82, 2.24) is 0 Å². The molecule has 0 aliphatic rings. The number of carbonyl (C=O) groups is 1. The summed E-state index contributed by atoms with van der Waals surface area (Å²) in [5.74, 6) is 1.16. The fourth-order valence-corrected chi connectivity index (χ4v) is 2.50. The Bertz CT molecular complexity index is 407. The van der Waals surface area contributed by atoms with Crippen molar-refractivity contribution >= 4 is 27.5 Å². The van der Waals surface area contributed by atoms with Gasteiger partial charge in [-0.15, -0.1) is 0 Å². The molecule has 1 aromatic rings. The van der Waals surface area contributed by atoms with Gasteiger partial charge in [-0.1, -0.05) is 26.0 Å². The minimum Gasteiger partial charge on any atom is -0.330 e. The van der Waals surface area contributed by atoms with Crippen LogP contribution < -0.4 is 11.1 Å². The molecular weight excluding hydrogens is 304 g/mol. The number of carbonyl (C=O) groups excluding carboxylic acids is 1. The van der Waals surface area contributed by atoms with E-state index in [0.717, 1.165) is 23.0 Å². The summed E-state index contributed by atoms with van der Waals surface area (Å²) in [6.07, 6.45) is 2.43. The summed E-state index contributed by atoms with van der Waals surface area (Å²) in [6, 6.07) is 7.64. The molecule has 1 rings (SSSR count). The van der Waals surface area contributed by atoms with E-state index in [9.17, 15) is 4.79 Å². The van der Waals surface area contributed by atoms with E-state index in [4.69, 9.17) is 5.73 Å². The molecule has 1 unspecified atom stereocenters. The van der Waals surface area contributed by atoms with Gasteiger partial charge in [0.1, 0.15) is 0 Å². The van der Waals surface area contributed by atoms with E-state index in [1.165, 1.54) is 0 Å². The number of anilines is 1. The highest BCUT2D eigenvalue weighted by Gasteiger charge is 2.14. The minimum absolute atomic E-state index is 0.0644. The monoisotopic (exact) mass is 326 g/mol. The largest absolute Gasteiger partial charge is 0.330 e. The summed E-state index contributed by atoms with van der Waals surface area (Å²) in [4.78, 5) is 11.9. The molecule has 0 aromatic heterocycles. The Balaban J connectivity index is 2.45. The van der Waals surface area contributed by atoms with Crippen LogP contribution in [0, 0.1) is 11.8 Å². The number of hydrogen-bond acceptors (Lipinski definition) is 2. The number of halogens is 1. The summed E-state index contributed by atoms with van der Waals surface area (Å²) in [5, 5.41) is 2.93. The molecule has 4 heteroatoms. The maximum atomic E-state index is 11.9. The van der Waals surface area contributed by atoms with Crippen molar-refractivity contribution in [3.8, 4) is 0 Å².